The fraction of sp³-hybridized carbons (Fsp3) is 1.00. The van der Waals surface area contributed by atoms with Crippen LogP contribution in [0.2, 0.25) is 0 Å². The van der Waals surface area contributed by atoms with Gasteiger partial charge in [-0.25, -0.2) is 0 Å². The summed E-state index contributed by atoms with van der Waals surface area (Å²) in [5, 5.41) is 3.45. The summed E-state index contributed by atoms with van der Waals surface area (Å²) >= 11 is 2.11. The Hall–Kier alpha value is 0.310. The molecule has 1 unspecified atom stereocenters. The van der Waals surface area contributed by atoms with E-state index in [1.165, 1.54) is 30.8 Å². The van der Waals surface area contributed by atoms with Gasteiger partial charge in [-0.15, -0.1) is 0 Å². The molecule has 0 heterocycles. The summed E-state index contributed by atoms with van der Waals surface area (Å²) < 4.78 is 0. The molecule has 0 amide bonds. The van der Waals surface area contributed by atoms with Gasteiger partial charge in [-0.1, -0.05) is 20.8 Å². The molecule has 14 heavy (non-hydrogen) atoms. The Morgan fingerprint density at radius 3 is 2.36 bits per heavy atom. The lowest BCUT2D eigenvalue weighted by atomic mass is 10.2. The van der Waals surface area contributed by atoms with Crippen LogP contribution >= 0.6 is 11.8 Å². The molecule has 0 aromatic carbocycles. The molecule has 86 valence electrons. The summed E-state index contributed by atoms with van der Waals surface area (Å²) in [6.07, 6.45) is 4.05. The third kappa shape index (κ3) is 10.4. The summed E-state index contributed by atoms with van der Waals surface area (Å²) in [7, 11) is 0. The minimum atomic E-state index is 0.700. The summed E-state index contributed by atoms with van der Waals surface area (Å²) in [5.41, 5.74) is 0. The van der Waals surface area contributed by atoms with E-state index in [4.69, 9.17) is 0 Å². The third-order valence-corrected chi connectivity index (χ3v) is 3.42. The highest BCUT2D eigenvalue weighted by atomic mass is 32.2. The van der Waals surface area contributed by atoms with Gasteiger partial charge in [-0.05, 0) is 50.2 Å². The van der Waals surface area contributed by atoms with Gasteiger partial charge < -0.3 is 5.32 Å². The van der Waals surface area contributed by atoms with Crippen LogP contribution < -0.4 is 5.32 Å². The lowest BCUT2D eigenvalue weighted by molar-refractivity contribution is 0.526. The Bertz CT molecular complexity index is 115. The molecule has 0 aliphatic heterocycles. The van der Waals surface area contributed by atoms with Crippen molar-refractivity contribution in [2.75, 3.05) is 18.1 Å². The molecular formula is C12H27NS. The predicted octanol–water partition coefficient (Wildman–Crippen LogP) is 3.54. The Morgan fingerprint density at radius 2 is 1.79 bits per heavy atom. The largest absolute Gasteiger partial charge is 0.315 e. The Balaban J connectivity index is 3.05. The van der Waals surface area contributed by atoms with E-state index >= 15 is 0 Å². The number of hydrogen-bond donors (Lipinski definition) is 1. The zero-order valence-corrected chi connectivity index (χ0v) is 11.1. The van der Waals surface area contributed by atoms with Gasteiger partial charge in [0.15, 0.2) is 0 Å². The van der Waals surface area contributed by atoms with Crippen LogP contribution in [0.15, 0.2) is 0 Å². The van der Waals surface area contributed by atoms with Crippen LogP contribution in [0.3, 0.4) is 0 Å². The molecule has 0 spiro atoms. The Morgan fingerprint density at radius 1 is 1.07 bits per heavy atom. The van der Waals surface area contributed by atoms with Crippen molar-refractivity contribution >= 4 is 11.8 Å². The van der Waals surface area contributed by atoms with Crippen molar-refractivity contribution in [3.8, 4) is 0 Å². The van der Waals surface area contributed by atoms with E-state index in [-0.39, 0.29) is 0 Å². The highest BCUT2D eigenvalue weighted by molar-refractivity contribution is 7.99. The third-order valence-electron chi connectivity index (χ3n) is 2.32. The Labute approximate surface area is 94.4 Å². The maximum absolute atomic E-state index is 3.45. The quantitative estimate of drug-likeness (QED) is 0.593. The fourth-order valence-electron chi connectivity index (χ4n) is 1.36. The molecule has 0 aromatic heterocycles. The van der Waals surface area contributed by atoms with Gasteiger partial charge in [0.25, 0.3) is 0 Å². The predicted molar refractivity (Wildman–Crippen MR) is 69.2 cm³/mol. The van der Waals surface area contributed by atoms with Gasteiger partial charge in [0.05, 0.1) is 0 Å². The summed E-state index contributed by atoms with van der Waals surface area (Å²) in [5.74, 6) is 3.54. The van der Waals surface area contributed by atoms with E-state index in [0.717, 1.165) is 12.5 Å². The van der Waals surface area contributed by atoms with Crippen molar-refractivity contribution in [3.63, 3.8) is 0 Å². The average Bonchev–Trinajstić information content (AvgIpc) is 2.11. The molecule has 0 saturated carbocycles. The normalized spacial score (nSPS) is 13.5. The highest BCUT2D eigenvalue weighted by Gasteiger charge is 1.99. The fourth-order valence-corrected chi connectivity index (χ4v) is 2.58. The first-order valence-corrected chi connectivity index (χ1v) is 7.13. The monoisotopic (exact) mass is 217 g/mol. The second-order valence-electron chi connectivity index (χ2n) is 4.40. The molecule has 0 rings (SSSR count). The molecule has 0 saturated heterocycles. The number of nitrogens with one attached hydrogen (secondary N) is 1. The molecule has 0 radical (unpaired) electrons. The number of rotatable bonds is 9. The summed E-state index contributed by atoms with van der Waals surface area (Å²) in [6.45, 7) is 10.2. The molecule has 0 fully saturated rings. The van der Waals surface area contributed by atoms with Crippen molar-refractivity contribution in [1.29, 1.82) is 0 Å². The van der Waals surface area contributed by atoms with Gasteiger partial charge in [0, 0.05) is 6.04 Å². The van der Waals surface area contributed by atoms with Crippen LogP contribution in [-0.4, -0.2) is 24.1 Å². The van der Waals surface area contributed by atoms with E-state index in [0.29, 0.717) is 6.04 Å². The first-order valence-electron chi connectivity index (χ1n) is 5.98. The van der Waals surface area contributed by atoms with Crippen molar-refractivity contribution in [2.45, 2.75) is 53.0 Å². The number of thioether (sulfide) groups is 1. The van der Waals surface area contributed by atoms with Crippen LogP contribution in [-0.2, 0) is 0 Å². The molecule has 0 aliphatic rings. The molecule has 0 aromatic rings. The smallest absolute Gasteiger partial charge is 0.00389 e. The van der Waals surface area contributed by atoms with Gasteiger partial charge in [0.2, 0.25) is 0 Å². The van der Waals surface area contributed by atoms with Crippen molar-refractivity contribution in [2.24, 2.45) is 5.92 Å². The highest BCUT2D eigenvalue weighted by Crippen LogP contribution is 2.11. The molecular weight excluding hydrogens is 190 g/mol. The average molecular weight is 217 g/mol. The zero-order valence-electron chi connectivity index (χ0n) is 10.3. The van der Waals surface area contributed by atoms with E-state index in [1.54, 1.807) is 0 Å². The van der Waals surface area contributed by atoms with Crippen LogP contribution in [0.4, 0.5) is 0 Å². The molecule has 2 heteroatoms. The zero-order chi connectivity index (χ0) is 10.8. The minimum Gasteiger partial charge on any atom is -0.315 e. The second kappa shape index (κ2) is 9.85. The molecule has 1 N–H and O–H groups in total. The van der Waals surface area contributed by atoms with Crippen LogP contribution in [0.25, 0.3) is 0 Å². The van der Waals surface area contributed by atoms with E-state index in [9.17, 15) is 0 Å². The second-order valence-corrected chi connectivity index (χ2v) is 5.62. The van der Waals surface area contributed by atoms with Crippen LogP contribution in [0, 0.1) is 5.92 Å². The van der Waals surface area contributed by atoms with Crippen molar-refractivity contribution in [3.05, 3.63) is 0 Å². The summed E-state index contributed by atoms with van der Waals surface area (Å²) in [4.78, 5) is 0. The van der Waals surface area contributed by atoms with E-state index in [2.05, 4.69) is 44.8 Å². The topological polar surface area (TPSA) is 12.0 Å². The van der Waals surface area contributed by atoms with Crippen LogP contribution in [0.5, 0.6) is 0 Å². The van der Waals surface area contributed by atoms with E-state index < -0.39 is 0 Å². The maximum Gasteiger partial charge on any atom is 0.00389 e. The first-order chi connectivity index (χ1) is 6.66. The molecule has 1 atom stereocenters. The SMILES string of the molecule is CCNC(C)CCCSCCC(C)C. The van der Waals surface area contributed by atoms with Gasteiger partial charge in [0.1, 0.15) is 0 Å². The molecule has 0 bridgehead atoms. The van der Waals surface area contributed by atoms with Gasteiger partial charge in [-0.3, -0.25) is 0 Å². The van der Waals surface area contributed by atoms with Crippen molar-refractivity contribution < 1.29 is 0 Å². The van der Waals surface area contributed by atoms with Crippen molar-refractivity contribution in [1.82, 2.24) is 5.32 Å². The van der Waals surface area contributed by atoms with E-state index in [1.807, 2.05) is 0 Å². The Kier molecular flexibility index (Phi) is 10.1. The van der Waals surface area contributed by atoms with Gasteiger partial charge in [-0.2, -0.15) is 11.8 Å². The molecule has 1 nitrogen and oxygen atoms in total. The summed E-state index contributed by atoms with van der Waals surface area (Å²) in [6, 6.07) is 0.700. The van der Waals surface area contributed by atoms with Gasteiger partial charge >= 0.3 is 0 Å². The molecule has 0 aliphatic carbocycles. The number of hydrogen-bond acceptors (Lipinski definition) is 2. The maximum atomic E-state index is 3.45. The minimum absolute atomic E-state index is 0.700. The first kappa shape index (κ1) is 14.3. The van der Waals surface area contributed by atoms with Crippen LogP contribution in [0.1, 0.15) is 47.0 Å². The lowest BCUT2D eigenvalue weighted by Crippen LogP contribution is -2.25. The lowest BCUT2D eigenvalue weighted by Gasteiger charge is -2.11. The standard InChI is InChI=1S/C12H27NS/c1-5-13-12(4)7-6-9-14-10-8-11(2)3/h11-13H,5-10H2,1-4H3.